The summed E-state index contributed by atoms with van der Waals surface area (Å²) in [6.45, 7) is 2.42. The first-order valence-corrected chi connectivity index (χ1v) is 6.35. The standard InChI is InChI=1S/C12H13N7O2/c1-2-3-7-21-11-9(10(20)17-18-13)8-14-12(16-11)19-6-4-5-15-19/h4-6,8H,2-3,7H2,1H3. The molecule has 108 valence electrons. The topological polar surface area (TPSA) is 119 Å². The Morgan fingerprint density at radius 3 is 3.10 bits per heavy atom. The van der Waals surface area contributed by atoms with E-state index in [2.05, 4.69) is 25.1 Å². The third-order valence-electron chi connectivity index (χ3n) is 2.55. The van der Waals surface area contributed by atoms with E-state index in [1.54, 1.807) is 18.5 Å². The third-order valence-corrected chi connectivity index (χ3v) is 2.55. The Hall–Kier alpha value is -2.93. The van der Waals surface area contributed by atoms with Crippen LogP contribution in [0.1, 0.15) is 30.1 Å². The van der Waals surface area contributed by atoms with Crippen LogP contribution in [0.2, 0.25) is 0 Å². The average molecular weight is 287 g/mol. The molecule has 2 aromatic rings. The first-order valence-electron chi connectivity index (χ1n) is 6.35. The summed E-state index contributed by atoms with van der Waals surface area (Å²) in [6.07, 6.45) is 6.27. The molecule has 0 unspecified atom stereocenters. The molecule has 0 bridgehead atoms. The molecule has 2 aromatic heterocycles. The van der Waals surface area contributed by atoms with Crippen molar-refractivity contribution < 1.29 is 9.53 Å². The second-order valence-corrected chi connectivity index (χ2v) is 4.04. The maximum absolute atomic E-state index is 11.7. The van der Waals surface area contributed by atoms with Crippen LogP contribution in [-0.2, 0) is 0 Å². The van der Waals surface area contributed by atoms with E-state index < -0.39 is 5.91 Å². The minimum atomic E-state index is -0.781. The van der Waals surface area contributed by atoms with Gasteiger partial charge in [0.15, 0.2) is 0 Å². The van der Waals surface area contributed by atoms with Crippen molar-refractivity contribution in [2.24, 2.45) is 5.11 Å². The predicted molar refractivity (Wildman–Crippen MR) is 73.0 cm³/mol. The maximum atomic E-state index is 11.7. The molecule has 9 heteroatoms. The Kier molecular flexibility index (Phi) is 4.84. The van der Waals surface area contributed by atoms with Crippen LogP contribution in [0.4, 0.5) is 0 Å². The number of carbonyl (C=O) groups is 1. The third kappa shape index (κ3) is 3.54. The Morgan fingerprint density at radius 2 is 2.43 bits per heavy atom. The summed E-state index contributed by atoms with van der Waals surface area (Å²) >= 11 is 0. The SMILES string of the molecule is CCCCOc1nc(-n2cccn2)ncc1C(=O)N=[N+]=[N-]. The molecule has 0 aromatic carbocycles. The number of rotatable bonds is 6. The minimum absolute atomic E-state index is 0.0276. The summed E-state index contributed by atoms with van der Waals surface area (Å²) in [5.74, 6) is -0.429. The van der Waals surface area contributed by atoms with E-state index in [-0.39, 0.29) is 17.4 Å². The zero-order valence-corrected chi connectivity index (χ0v) is 11.4. The average Bonchev–Trinajstić information content (AvgIpc) is 3.02. The molecular weight excluding hydrogens is 274 g/mol. The molecule has 0 N–H and O–H groups in total. The highest BCUT2D eigenvalue weighted by Crippen LogP contribution is 2.17. The lowest BCUT2D eigenvalue weighted by molar-refractivity contribution is 0.0995. The van der Waals surface area contributed by atoms with Gasteiger partial charge in [-0.3, -0.25) is 4.79 Å². The molecule has 0 saturated carbocycles. The zero-order chi connectivity index (χ0) is 15.1. The molecule has 9 nitrogen and oxygen atoms in total. The highest BCUT2D eigenvalue weighted by molar-refractivity contribution is 5.96. The van der Waals surface area contributed by atoms with E-state index >= 15 is 0 Å². The number of hydrogen-bond donors (Lipinski definition) is 0. The summed E-state index contributed by atoms with van der Waals surface area (Å²) in [5.41, 5.74) is 8.38. The van der Waals surface area contributed by atoms with Gasteiger partial charge in [-0.15, -0.1) is 0 Å². The number of azide groups is 1. The van der Waals surface area contributed by atoms with Crippen molar-refractivity contribution in [3.63, 3.8) is 0 Å². The highest BCUT2D eigenvalue weighted by Gasteiger charge is 2.15. The molecule has 0 saturated heterocycles. The molecular formula is C12H13N7O2. The van der Waals surface area contributed by atoms with Gasteiger partial charge in [-0.25, -0.2) is 9.67 Å². The molecule has 0 aliphatic carbocycles. The highest BCUT2D eigenvalue weighted by atomic mass is 16.5. The summed E-state index contributed by atoms with van der Waals surface area (Å²) in [5, 5.41) is 7.04. The molecule has 21 heavy (non-hydrogen) atoms. The lowest BCUT2D eigenvalue weighted by Crippen LogP contribution is -2.10. The van der Waals surface area contributed by atoms with E-state index in [4.69, 9.17) is 10.3 Å². The van der Waals surface area contributed by atoms with Crippen molar-refractivity contribution in [1.82, 2.24) is 19.7 Å². The second-order valence-electron chi connectivity index (χ2n) is 4.04. The quantitative estimate of drug-likeness (QED) is 0.349. The Morgan fingerprint density at radius 1 is 1.57 bits per heavy atom. The van der Waals surface area contributed by atoms with E-state index in [0.717, 1.165) is 12.8 Å². The molecule has 0 atom stereocenters. The molecule has 1 amide bonds. The molecule has 0 aliphatic heterocycles. The number of nitrogens with zero attached hydrogens (tertiary/aromatic N) is 7. The van der Waals surface area contributed by atoms with E-state index in [1.807, 2.05) is 6.92 Å². The number of unbranched alkanes of at least 4 members (excludes halogenated alkanes) is 1. The summed E-state index contributed by atoms with van der Waals surface area (Å²) in [6, 6.07) is 1.72. The fourth-order valence-corrected chi connectivity index (χ4v) is 1.52. The molecule has 0 radical (unpaired) electrons. The molecule has 0 fully saturated rings. The summed E-state index contributed by atoms with van der Waals surface area (Å²) < 4.78 is 6.93. The van der Waals surface area contributed by atoms with Crippen molar-refractivity contribution in [3.8, 4) is 11.8 Å². The smallest absolute Gasteiger partial charge is 0.256 e. The van der Waals surface area contributed by atoms with Gasteiger partial charge >= 0.3 is 0 Å². The van der Waals surface area contributed by atoms with E-state index in [1.165, 1.54) is 10.9 Å². The Bertz CT molecular complexity index is 662. The zero-order valence-electron chi connectivity index (χ0n) is 11.4. The van der Waals surface area contributed by atoms with Gasteiger partial charge in [0.25, 0.3) is 11.9 Å². The van der Waals surface area contributed by atoms with Gasteiger partial charge in [0.1, 0.15) is 5.56 Å². The van der Waals surface area contributed by atoms with E-state index in [9.17, 15) is 4.79 Å². The van der Waals surface area contributed by atoms with Crippen LogP contribution in [-0.4, -0.2) is 32.3 Å². The summed E-state index contributed by atoms with van der Waals surface area (Å²) in [4.78, 5) is 22.3. The van der Waals surface area contributed by atoms with Gasteiger partial charge in [-0.05, 0) is 23.1 Å². The largest absolute Gasteiger partial charge is 0.477 e. The van der Waals surface area contributed by atoms with Gasteiger partial charge in [0.2, 0.25) is 5.88 Å². The minimum Gasteiger partial charge on any atom is -0.477 e. The van der Waals surface area contributed by atoms with Crippen LogP contribution < -0.4 is 4.74 Å². The summed E-state index contributed by atoms with van der Waals surface area (Å²) in [7, 11) is 0. The fraction of sp³-hybridized carbons (Fsp3) is 0.333. The van der Waals surface area contributed by atoms with Gasteiger partial charge in [-0.2, -0.15) is 10.1 Å². The van der Waals surface area contributed by atoms with E-state index in [0.29, 0.717) is 6.61 Å². The Labute approximate surface area is 120 Å². The van der Waals surface area contributed by atoms with Gasteiger partial charge in [-0.1, -0.05) is 13.3 Å². The van der Waals surface area contributed by atoms with Crippen LogP contribution in [0.15, 0.2) is 29.8 Å². The van der Waals surface area contributed by atoms with Crippen molar-refractivity contribution in [1.29, 1.82) is 0 Å². The number of carbonyl (C=O) groups excluding carboxylic acids is 1. The van der Waals surface area contributed by atoms with Crippen molar-refractivity contribution in [3.05, 3.63) is 40.7 Å². The lowest BCUT2D eigenvalue weighted by atomic mass is 10.3. The molecule has 0 spiro atoms. The maximum Gasteiger partial charge on any atom is 0.256 e. The lowest BCUT2D eigenvalue weighted by Gasteiger charge is -2.09. The first kappa shape index (κ1) is 14.5. The van der Waals surface area contributed by atoms with Crippen LogP contribution in [0.5, 0.6) is 5.88 Å². The van der Waals surface area contributed by atoms with Crippen LogP contribution in [0.3, 0.4) is 0 Å². The normalized spacial score (nSPS) is 9.95. The number of aromatic nitrogens is 4. The predicted octanol–water partition coefficient (Wildman–Crippen LogP) is 2.29. The molecule has 0 aliphatic rings. The Balaban J connectivity index is 2.35. The molecule has 2 heterocycles. The number of hydrogen-bond acceptors (Lipinski definition) is 5. The molecule has 2 rings (SSSR count). The van der Waals surface area contributed by atoms with Crippen LogP contribution in [0, 0.1) is 0 Å². The fourth-order valence-electron chi connectivity index (χ4n) is 1.52. The van der Waals surface area contributed by atoms with Gasteiger partial charge in [0, 0.05) is 23.5 Å². The number of amides is 1. The van der Waals surface area contributed by atoms with Crippen LogP contribution in [0.25, 0.3) is 16.4 Å². The van der Waals surface area contributed by atoms with Crippen LogP contribution >= 0.6 is 0 Å². The van der Waals surface area contributed by atoms with Crippen molar-refractivity contribution in [2.75, 3.05) is 6.61 Å². The first-order chi connectivity index (χ1) is 10.3. The second kappa shape index (κ2) is 7.01. The van der Waals surface area contributed by atoms with Crippen molar-refractivity contribution >= 4 is 5.91 Å². The van der Waals surface area contributed by atoms with Gasteiger partial charge in [0.05, 0.1) is 6.61 Å². The van der Waals surface area contributed by atoms with Crippen molar-refractivity contribution in [2.45, 2.75) is 19.8 Å². The van der Waals surface area contributed by atoms with Gasteiger partial charge < -0.3 is 4.74 Å². The number of ether oxygens (including phenoxy) is 1. The monoisotopic (exact) mass is 287 g/mol.